The lowest BCUT2D eigenvalue weighted by molar-refractivity contribution is 1.32. The molecular weight excluding hydrogens is 306 g/mol. The Balaban J connectivity index is 2.50. The van der Waals surface area contributed by atoms with Gasteiger partial charge in [-0.05, 0) is 23.8 Å². The Bertz CT molecular complexity index is 437. The van der Waals surface area contributed by atoms with Gasteiger partial charge in [-0.15, -0.1) is 0 Å². The highest BCUT2D eigenvalue weighted by Crippen LogP contribution is 2.27. The van der Waals surface area contributed by atoms with Gasteiger partial charge in [-0.1, -0.05) is 44.0 Å². The van der Waals surface area contributed by atoms with E-state index in [-0.39, 0.29) is 0 Å². The van der Waals surface area contributed by atoms with E-state index >= 15 is 0 Å². The number of benzene rings is 1. The zero-order valence-corrected chi connectivity index (χ0v) is 10.4. The molecule has 0 aliphatic rings. The summed E-state index contributed by atoms with van der Waals surface area (Å²) in [6.45, 7) is 0. The molecule has 1 nitrogen and oxygen atoms in total. The molecule has 3 heteroatoms. The molecule has 1 aromatic carbocycles. The van der Waals surface area contributed by atoms with Gasteiger partial charge in [0.15, 0.2) is 0 Å². The predicted octanol–water partition coefficient (Wildman–Crippen LogP) is 4.27. The van der Waals surface area contributed by atoms with Crippen LogP contribution in [0.5, 0.6) is 0 Å². The molecule has 0 atom stereocenters. The van der Waals surface area contributed by atoms with Crippen molar-refractivity contribution in [2.45, 2.75) is 0 Å². The van der Waals surface area contributed by atoms with E-state index in [9.17, 15) is 0 Å². The summed E-state index contributed by atoms with van der Waals surface area (Å²) in [6, 6.07) is 10.1. The van der Waals surface area contributed by atoms with Crippen molar-refractivity contribution in [1.82, 2.24) is 4.98 Å². The summed E-state index contributed by atoms with van der Waals surface area (Å²) in [5, 5.41) is 0. The highest BCUT2D eigenvalue weighted by atomic mass is 79.9. The maximum atomic E-state index is 4.10. The van der Waals surface area contributed by atoms with Gasteiger partial charge in [-0.2, -0.15) is 0 Å². The summed E-state index contributed by atoms with van der Waals surface area (Å²) in [5.41, 5.74) is 2.27. The van der Waals surface area contributed by atoms with Gasteiger partial charge < -0.3 is 0 Å². The van der Waals surface area contributed by atoms with Crippen molar-refractivity contribution in [3.8, 4) is 11.1 Å². The third kappa shape index (κ3) is 2.04. The van der Waals surface area contributed by atoms with Gasteiger partial charge in [0.05, 0.1) is 0 Å². The smallest absolute Gasteiger partial charge is 0.0357 e. The Morgan fingerprint density at radius 3 is 2.29 bits per heavy atom. The van der Waals surface area contributed by atoms with Crippen LogP contribution in [0.2, 0.25) is 0 Å². The molecule has 1 heterocycles. The second-order valence-electron chi connectivity index (χ2n) is 2.86. The lowest BCUT2D eigenvalue weighted by Crippen LogP contribution is -1.80. The monoisotopic (exact) mass is 311 g/mol. The van der Waals surface area contributed by atoms with Gasteiger partial charge in [-0.3, -0.25) is 4.98 Å². The fourth-order valence-corrected chi connectivity index (χ4v) is 1.93. The van der Waals surface area contributed by atoms with Gasteiger partial charge in [0.25, 0.3) is 0 Å². The van der Waals surface area contributed by atoms with E-state index in [1.54, 1.807) is 6.20 Å². The summed E-state index contributed by atoms with van der Waals surface area (Å²) in [4.78, 5) is 4.10. The average Bonchev–Trinajstić information content (AvgIpc) is 2.20. The number of halogens is 2. The van der Waals surface area contributed by atoms with Crippen molar-refractivity contribution in [2.75, 3.05) is 0 Å². The van der Waals surface area contributed by atoms with Crippen molar-refractivity contribution in [3.05, 3.63) is 51.7 Å². The molecule has 0 aliphatic heterocycles. The molecular formula is C11H7Br2N. The number of hydrogen-bond donors (Lipinski definition) is 0. The normalized spacial score (nSPS) is 10.1. The quantitative estimate of drug-likeness (QED) is 0.766. The first kappa shape index (κ1) is 9.87. The zero-order chi connectivity index (χ0) is 9.97. The minimum atomic E-state index is 1.06. The first-order chi connectivity index (χ1) is 6.77. The molecule has 14 heavy (non-hydrogen) atoms. The van der Waals surface area contributed by atoms with Crippen LogP contribution in [0.3, 0.4) is 0 Å². The minimum Gasteiger partial charge on any atom is -0.264 e. The van der Waals surface area contributed by atoms with Crippen LogP contribution in [0, 0.1) is 0 Å². The average molecular weight is 313 g/mol. The van der Waals surface area contributed by atoms with Gasteiger partial charge in [0.1, 0.15) is 0 Å². The lowest BCUT2D eigenvalue weighted by Gasteiger charge is -2.03. The van der Waals surface area contributed by atoms with Crippen LogP contribution in [0.15, 0.2) is 51.7 Å². The SMILES string of the molecule is Brc1ccc(-c2cnccc2Br)cc1. The van der Waals surface area contributed by atoms with E-state index in [0.717, 1.165) is 20.1 Å². The molecule has 0 fully saturated rings. The van der Waals surface area contributed by atoms with Crippen LogP contribution >= 0.6 is 31.9 Å². The molecule has 0 bridgehead atoms. The lowest BCUT2D eigenvalue weighted by atomic mass is 10.1. The van der Waals surface area contributed by atoms with Crippen LogP contribution in [-0.4, -0.2) is 4.98 Å². The maximum Gasteiger partial charge on any atom is 0.0357 e. The Hall–Kier alpha value is -0.670. The number of nitrogens with zero attached hydrogens (tertiary/aromatic N) is 1. The van der Waals surface area contributed by atoms with Crippen molar-refractivity contribution in [3.63, 3.8) is 0 Å². The van der Waals surface area contributed by atoms with Crippen LogP contribution in [0.4, 0.5) is 0 Å². The molecule has 0 radical (unpaired) electrons. The Morgan fingerprint density at radius 1 is 0.929 bits per heavy atom. The molecule has 70 valence electrons. The molecule has 0 amide bonds. The summed E-state index contributed by atoms with van der Waals surface area (Å²) in [6.07, 6.45) is 3.62. The van der Waals surface area contributed by atoms with Crippen molar-refractivity contribution < 1.29 is 0 Å². The topological polar surface area (TPSA) is 12.9 Å². The number of pyridine rings is 1. The molecule has 0 unspecified atom stereocenters. The van der Waals surface area contributed by atoms with Gasteiger partial charge in [0, 0.05) is 26.9 Å². The molecule has 2 rings (SSSR count). The second kappa shape index (κ2) is 4.24. The molecule has 0 spiro atoms. The Kier molecular flexibility index (Phi) is 2.99. The summed E-state index contributed by atoms with van der Waals surface area (Å²) >= 11 is 6.91. The van der Waals surface area contributed by atoms with Crippen molar-refractivity contribution in [1.29, 1.82) is 0 Å². The van der Waals surface area contributed by atoms with E-state index in [4.69, 9.17) is 0 Å². The molecule has 1 aromatic heterocycles. The number of aromatic nitrogens is 1. The van der Waals surface area contributed by atoms with Crippen molar-refractivity contribution in [2.24, 2.45) is 0 Å². The molecule has 0 N–H and O–H groups in total. The third-order valence-electron chi connectivity index (χ3n) is 1.92. The first-order valence-corrected chi connectivity index (χ1v) is 5.71. The van der Waals surface area contributed by atoms with Crippen LogP contribution in [0.1, 0.15) is 0 Å². The highest BCUT2D eigenvalue weighted by molar-refractivity contribution is 9.10. The van der Waals surface area contributed by atoms with Gasteiger partial charge >= 0.3 is 0 Å². The van der Waals surface area contributed by atoms with E-state index in [1.807, 2.05) is 24.4 Å². The number of hydrogen-bond acceptors (Lipinski definition) is 1. The predicted molar refractivity (Wildman–Crippen MR) is 65.1 cm³/mol. The maximum absolute atomic E-state index is 4.10. The first-order valence-electron chi connectivity index (χ1n) is 4.13. The second-order valence-corrected chi connectivity index (χ2v) is 4.63. The Morgan fingerprint density at radius 2 is 1.64 bits per heavy atom. The Labute approximate surface area is 99.4 Å². The van der Waals surface area contributed by atoms with Gasteiger partial charge in [-0.25, -0.2) is 0 Å². The summed E-state index contributed by atoms with van der Waals surface area (Å²) < 4.78 is 2.15. The van der Waals surface area contributed by atoms with E-state index in [1.165, 1.54) is 0 Å². The largest absolute Gasteiger partial charge is 0.264 e. The highest BCUT2D eigenvalue weighted by Gasteiger charge is 2.01. The number of rotatable bonds is 1. The van der Waals surface area contributed by atoms with E-state index in [2.05, 4.69) is 49.0 Å². The van der Waals surface area contributed by atoms with Crippen LogP contribution in [-0.2, 0) is 0 Å². The van der Waals surface area contributed by atoms with Crippen molar-refractivity contribution >= 4 is 31.9 Å². The summed E-state index contributed by atoms with van der Waals surface area (Å²) in [5.74, 6) is 0. The van der Waals surface area contributed by atoms with Crippen LogP contribution in [0.25, 0.3) is 11.1 Å². The van der Waals surface area contributed by atoms with Crippen LogP contribution < -0.4 is 0 Å². The summed E-state index contributed by atoms with van der Waals surface area (Å²) in [7, 11) is 0. The molecule has 0 aliphatic carbocycles. The van der Waals surface area contributed by atoms with E-state index in [0.29, 0.717) is 0 Å². The standard InChI is InChI=1S/C11H7Br2N/c12-9-3-1-8(2-4-9)10-7-14-6-5-11(10)13/h1-7H. The van der Waals surface area contributed by atoms with Gasteiger partial charge in [0.2, 0.25) is 0 Å². The zero-order valence-electron chi connectivity index (χ0n) is 7.24. The van der Waals surface area contributed by atoms with E-state index < -0.39 is 0 Å². The molecule has 0 saturated heterocycles. The minimum absolute atomic E-state index is 1.06. The fraction of sp³-hybridized carbons (Fsp3) is 0. The molecule has 0 saturated carbocycles. The fourth-order valence-electron chi connectivity index (χ4n) is 1.22. The third-order valence-corrected chi connectivity index (χ3v) is 3.14. The molecule has 2 aromatic rings.